The molecule has 7 heteroatoms. The zero-order valence-electron chi connectivity index (χ0n) is 13.7. The number of nitrogens with one attached hydrogen (secondary N) is 2. The van der Waals surface area contributed by atoms with Gasteiger partial charge in [-0.25, -0.2) is 9.78 Å². The van der Waals surface area contributed by atoms with Crippen molar-refractivity contribution in [2.75, 3.05) is 0 Å². The highest BCUT2D eigenvalue weighted by atomic mass is 16.4. The highest BCUT2D eigenvalue weighted by Gasteiger charge is 2.26. The molecule has 3 N–H and O–H groups in total. The van der Waals surface area contributed by atoms with Gasteiger partial charge in [0, 0.05) is 18.4 Å². The number of pyridine rings is 1. The lowest BCUT2D eigenvalue weighted by atomic mass is 9.86. The molecular formula is C17H22N4O3. The van der Waals surface area contributed by atoms with E-state index in [2.05, 4.69) is 15.6 Å². The third kappa shape index (κ3) is 3.84. The molecule has 0 bridgehead atoms. The Kier molecular flexibility index (Phi) is 4.69. The Labute approximate surface area is 140 Å². The number of carbonyl (C=O) groups excluding carboxylic acids is 1. The number of carboxylic acids is 1. The summed E-state index contributed by atoms with van der Waals surface area (Å²) in [5, 5.41) is 14.7. The van der Waals surface area contributed by atoms with Crippen molar-refractivity contribution in [1.29, 1.82) is 0 Å². The molecule has 0 aromatic carbocycles. The van der Waals surface area contributed by atoms with Crippen molar-refractivity contribution in [2.24, 2.45) is 5.92 Å². The first-order valence-corrected chi connectivity index (χ1v) is 8.22. The first-order chi connectivity index (χ1) is 11.5. The lowest BCUT2D eigenvalue weighted by Crippen LogP contribution is -2.43. The van der Waals surface area contributed by atoms with Crippen LogP contribution in [0.3, 0.4) is 0 Å². The molecule has 1 aliphatic carbocycles. The molecule has 24 heavy (non-hydrogen) atoms. The molecule has 0 spiro atoms. The van der Waals surface area contributed by atoms with Gasteiger partial charge in [-0.15, -0.1) is 0 Å². The topological polar surface area (TPSA) is 95.7 Å². The maximum absolute atomic E-state index is 12.0. The number of imidazole rings is 1. The van der Waals surface area contributed by atoms with E-state index in [1.54, 1.807) is 0 Å². The molecule has 2 aromatic rings. The number of carboxylic acid groups (broad SMARTS) is 1. The molecule has 0 radical (unpaired) electrons. The molecule has 128 valence electrons. The fraction of sp³-hybridized carbons (Fsp3) is 0.471. The molecule has 0 aliphatic heterocycles. The first kappa shape index (κ1) is 16.3. The average molecular weight is 330 g/mol. The van der Waals surface area contributed by atoms with E-state index >= 15 is 0 Å². The van der Waals surface area contributed by atoms with E-state index in [0.717, 1.165) is 16.9 Å². The van der Waals surface area contributed by atoms with Crippen LogP contribution in [0, 0.1) is 12.8 Å². The standard InChI is InChI=1S/C17H22N4O3/c1-11-6-7-21-10-14(19-15(21)8-11)9-18-17(24)20-13-4-2-12(3-5-13)16(22)23/h6-8,10,12-13H,2-5,9H2,1H3,(H,22,23)(H2,18,20,24). The van der Waals surface area contributed by atoms with E-state index in [-0.39, 0.29) is 18.0 Å². The molecule has 3 rings (SSSR count). The number of urea groups is 1. The summed E-state index contributed by atoms with van der Waals surface area (Å²) in [5.74, 6) is -1.01. The highest BCUT2D eigenvalue weighted by molar-refractivity contribution is 5.74. The molecule has 0 unspecified atom stereocenters. The third-order valence-corrected chi connectivity index (χ3v) is 4.51. The number of amides is 2. The smallest absolute Gasteiger partial charge is 0.315 e. The molecule has 1 saturated carbocycles. The lowest BCUT2D eigenvalue weighted by molar-refractivity contribution is -0.142. The Morgan fingerprint density at radius 1 is 1.33 bits per heavy atom. The molecule has 7 nitrogen and oxygen atoms in total. The van der Waals surface area contributed by atoms with Crippen molar-refractivity contribution in [3.63, 3.8) is 0 Å². The molecule has 2 amide bonds. The number of hydrogen-bond donors (Lipinski definition) is 3. The number of aliphatic carboxylic acids is 1. The first-order valence-electron chi connectivity index (χ1n) is 8.22. The number of hydrogen-bond acceptors (Lipinski definition) is 3. The summed E-state index contributed by atoms with van der Waals surface area (Å²) in [6, 6.07) is 3.81. The highest BCUT2D eigenvalue weighted by Crippen LogP contribution is 2.24. The number of fused-ring (bicyclic) bond motifs is 1. The Morgan fingerprint density at radius 2 is 2.08 bits per heavy atom. The van der Waals surface area contributed by atoms with Crippen molar-refractivity contribution in [2.45, 2.75) is 45.2 Å². The van der Waals surface area contributed by atoms with Crippen LogP contribution in [0.15, 0.2) is 24.5 Å². The van der Waals surface area contributed by atoms with Crippen LogP contribution in [0.5, 0.6) is 0 Å². The summed E-state index contributed by atoms with van der Waals surface area (Å²) in [7, 11) is 0. The van der Waals surface area contributed by atoms with Crippen LogP contribution < -0.4 is 10.6 Å². The zero-order chi connectivity index (χ0) is 17.1. The van der Waals surface area contributed by atoms with Gasteiger partial charge in [0.05, 0.1) is 18.2 Å². The van der Waals surface area contributed by atoms with Gasteiger partial charge in [0.2, 0.25) is 0 Å². The van der Waals surface area contributed by atoms with Crippen LogP contribution in [0.1, 0.15) is 36.9 Å². The predicted octanol–water partition coefficient (Wildman–Crippen LogP) is 2.09. The molecule has 0 atom stereocenters. The van der Waals surface area contributed by atoms with E-state index in [4.69, 9.17) is 5.11 Å². The lowest BCUT2D eigenvalue weighted by Gasteiger charge is -2.26. The molecule has 2 heterocycles. The number of carbonyl (C=O) groups is 2. The van der Waals surface area contributed by atoms with Gasteiger partial charge in [-0.2, -0.15) is 0 Å². The summed E-state index contributed by atoms with van der Waals surface area (Å²) >= 11 is 0. The minimum absolute atomic E-state index is 0.0457. The van der Waals surface area contributed by atoms with Gasteiger partial charge < -0.3 is 20.1 Å². The number of rotatable bonds is 4. The second kappa shape index (κ2) is 6.90. The van der Waals surface area contributed by atoms with Gasteiger partial charge >= 0.3 is 12.0 Å². The van der Waals surface area contributed by atoms with Gasteiger partial charge in [-0.1, -0.05) is 0 Å². The van der Waals surface area contributed by atoms with E-state index in [1.165, 1.54) is 0 Å². The Hall–Kier alpha value is -2.57. The van der Waals surface area contributed by atoms with E-state index < -0.39 is 5.97 Å². The minimum Gasteiger partial charge on any atom is -0.481 e. The van der Waals surface area contributed by atoms with Gasteiger partial charge in [-0.3, -0.25) is 4.79 Å². The van der Waals surface area contributed by atoms with Crippen LogP contribution in [-0.4, -0.2) is 32.5 Å². The Bertz CT molecular complexity index is 747. The van der Waals surface area contributed by atoms with E-state index in [0.29, 0.717) is 32.2 Å². The van der Waals surface area contributed by atoms with Crippen LogP contribution in [0.2, 0.25) is 0 Å². The Balaban J connectivity index is 1.47. The Morgan fingerprint density at radius 3 is 2.79 bits per heavy atom. The maximum Gasteiger partial charge on any atom is 0.315 e. The maximum atomic E-state index is 12.0. The molecular weight excluding hydrogens is 308 g/mol. The van der Waals surface area contributed by atoms with Gasteiger partial charge in [0.25, 0.3) is 0 Å². The fourth-order valence-corrected chi connectivity index (χ4v) is 3.11. The molecule has 2 aromatic heterocycles. The van der Waals surface area contributed by atoms with E-state index in [1.807, 2.05) is 35.9 Å². The average Bonchev–Trinajstić information content (AvgIpc) is 2.95. The van der Waals surface area contributed by atoms with Crippen LogP contribution in [-0.2, 0) is 11.3 Å². The van der Waals surface area contributed by atoms with Crippen molar-refractivity contribution < 1.29 is 14.7 Å². The fourth-order valence-electron chi connectivity index (χ4n) is 3.11. The van der Waals surface area contributed by atoms with Crippen molar-refractivity contribution in [3.8, 4) is 0 Å². The van der Waals surface area contributed by atoms with Crippen molar-refractivity contribution in [3.05, 3.63) is 35.8 Å². The van der Waals surface area contributed by atoms with Crippen LogP contribution in [0.25, 0.3) is 5.65 Å². The number of aryl methyl sites for hydroxylation is 1. The normalized spacial score (nSPS) is 20.7. The molecule has 0 saturated heterocycles. The zero-order valence-corrected chi connectivity index (χ0v) is 13.7. The quantitative estimate of drug-likeness (QED) is 0.800. The summed E-state index contributed by atoms with van der Waals surface area (Å²) < 4.78 is 1.93. The summed E-state index contributed by atoms with van der Waals surface area (Å²) in [5.41, 5.74) is 2.80. The second-order valence-corrected chi connectivity index (χ2v) is 6.42. The van der Waals surface area contributed by atoms with Gasteiger partial charge in [-0.05, 0) is 50.3 Å². The molecule has 1 aliphatic rings. The third-order valence-electron chi connectivity index (χ3n) is 4.51. The number of nitrogens with zero attached hydrogens (tertiary/aromatic N) is 2. The van der Waals surface area contributed by atoms with Crippen molar-refractivity contribution in [1.82, 2.24) is 20.0 Å². The monoisotopic (exact) mass is 330 g/mol. The molecule has 1 fully saturated rings. The number of aromatic nitrogens is 2. The minimum atomic E-state index is -0.736. The largest absolute Gasteiger partial charge is 0.481 e. The van der Waals surface area contributed by atoms with Crippen molar-refractivity contribution >= 4 is 17.6 Å². The van der Waals surface area contributed by atoms with Gasteiger partial charge in [0.1, 0.15) is 5.65 Å². The van der Waals surface area contributed by atoms with Crippen LogP contribution in [0.4, 0.5) is 4.79 Å². The summed E-state index contributed by atoms with van der Waals surface area (Å²) in [4.78, 5) is 27.4. The predicted molar refractivity (Wildman–Crippen MR) is 88.7 cm³/mol. The van der Waals surface area contributed by atoms with Gasteiger partial charge in [0.15, 0.2) is 0 Å². The summed E-state index contributed by atoms with van der Waals surface area (Å²) in [6.45, 7) is 2.37. The van der Waals surface area contributed by atoms with Crippen LogP contribution >= 0.6 is 0 Å². The van der Waals surface area contributed by atoms with E-state index in [9.17, 15) is 9.59 Å². The summed E-state index contributed by atoms with van der Waals surface area (Å²) in [6.07, 6.45) is 6.49. The second-order valence-electron chi connectivity index (χ2n) is 6.42. The SMILES string of the molecule is Cc1ccn2cc(CNC(=O)NC3CCC(C(=O)O)CC3)nc2c1.